The van der Waals surface area contributed by atoms with E-state index >= 15 is 0 Å². The van der Waals surface area contributed by atoms with Gasteiger partial charge in [0.15, 0.2) is 0 Å². The number of benzene rings is 1. The number of nitrogens with one attached hydrogen (secondary N) is 1. The van der Waals surface area contributed by atoms with Crippen molar-refractivity contribution >= 4 is 5.91 Å². The molecule has 1 aliphatic rings. The first kappa shape index (κ1) is 22.3. The van der Waals surface area contributed by atoms with Gasteiger partial charge in [0.25, 0.3) is 0 Å². The van der Waals surface area contributed by atoms with Gasteiger partial charge in [0.05, 0.1) is 11.8 Å². The van der Waals surface area contributed by atoms with Crippen LogP contribution in [0.4, 0.5) is 13.2 Å². The van der Waals surface area contributed by atoms with Crippen molar-refractivity contribution in [1.82, 2.24) is 15.2 Å². The van der Waals surface area contributed by atoms with Crippen LogP contribution in [0.25, 0.3) is 0 Å². The summed E-state index contributed by atoms with van der Waals surface area (Å²) in [5, 5.41) is 2.80. The van der Waals surface area contributed by atoms with Gasteiger partial charge >= 0.3 is 6.18 Å². The van der Waals surface area contributed by atoms with E-state index in [2.05, 4.69) is 10.3 Å². The van der Waals surface area contributed by atoms with Gasteiger partial charge in [-0.15, -0.1) is 0 Å². The summed E-state index contributed by atoms with van der Waals surface area (Å²) in [5.41, 5.74) is 1.91. The standard InChI is InChI=1S/C23H28F3N3O/c1-16(2)19(18-9-6-10-27-11-18)12-28-22(30)20-14-29(15-21(20)23(24,25)26)13-17-7-4-3-5-8-17/h3-11,16,19-21H,12-15H2,1-2H3,(H,28,30)/t19-,20+,21+/m0/s1. The summed E-state index contributed by atoms with van der Waals surface area (Å²) in [6, 6.07) is 13.1. The topological polar surface area (TPSA) is 45.2 Å². The molecule has 30 heavy (non-hydrogen) atoms. The largest absolute Gasteiger partial charge is 0.393 e. The normalized spacial score (nSPS) is 21.0. The van der Waals surface area contributed by atoms with Crippen LogP contribution in [0.1, 0.15) is 30.9 Å². The quantitative estimate of drug-likeness (QED) is 0.730. The van der Waals surface area contributed by atoms with E-state index in [1.54, 1.807) is 17.3 Å². The molecule has 4 nitrogen and oxygen atoms in total. The van der Waals surface area contributed by atoms with Gasteiger partial charge in [-0.25, -0.2) is 0 Å². The van der Waals surface area contributed by atoms with Gasteiger partial charge in [-0.05, 0) is 23.1 Å². The number of hydrogen-bond acceptors (Lipinski definition) is 3. The van der Waals surface area contributed by atoms with Gasteiger partial charge in [-0.1, -0.05) is 50.2 Å². The predicted molar refractivity (Wildman–Crippen MR) is 110 cm³/mol. The highest BCUT2D eigenvalue weighted by molar-refractivity contribution is 5.79. The number of carbonyl (C=O) groups is 1. The van der Waals surface area contributed by atoms with Crippen LogP contribution in [-0.2, 0) is 11.3 Å². The Bertz CT molecular complexity index is 811. The molecule has 0 radical (unpaired) electrons. The van der Waals surface area contributed by atoms with Crippen molar-refractivity contribution < 1.29 is 18.0 Å². The highest BCUT2D eigenvalue weighted by Gasteiger charge is 2.52. The molecule has 0 unspecified atom stereocenters. The molecule has 0 spiro atoms. The minimum Gasteiger partial charge on any atom is -0.355 e. The monoisotopic (exact) mass is 419 g/mol. The van der Waals surface area contributed by atoms with E-state index in [4.69, 9.17) is 0 Å². The van der Waals surface area contributed by atoms with Crippen LogP contribution in [0, 0.1) is 17.8 Å². The van der Waals surface area contributed by atoms with Crippen molar-refractivity contribution in [2.45, 2.75) is 32.5 Å². The first-order valence-electron chi connectivity index (χ1n) is 10.3. The van der Waals surface area contributed by atoms with Crippen molar-refractivity contribution in [3.63, 3.8) is 0 Å². The van der Waals surface area contributed by atoms with Crippen molar-refractivity contribution in [2.24, 2.45) is 17.8 Å². The van der Waals surface area contributed by atoms with Gasteiger partial charge in [0, 0.05) is 44.5 Å². The molecular formula is C23H28F3N3O. The van der Waals surface area contributed by atoms with Crippen LogP contribution in [-0.4, -0.2) is 41.6 Å². The Labute approximate surface area is 175 Å². The average molecular weight is 419 g/mol. The van der Waals surface area contributed by atoms with Gasteiger partial charge in [0.1, 0.15) is 0 Å². The lowest BCUT2D eigenvalue weighted by atomic mass is 9.88. The molecule has 3 atom stereocenters. The van der Waals surface area contributed by atoms with E-state index in [1.165, 1.54) is 0 Å². The molecule has 1 aromatic carbocycles. The smallest absolute Gasteiger partial charge is 0.355 e. The number of amides is 1. The van der Waals surface area contributed by atoms with E-state index in [9.17, 15) is 18.0 Å². The summed E-state index contributed by atoms with van der Waals surface area (Å²) in [5.74, 6) is -3.07. The maximum atomic E-state index is 13.7. The number of halogens is 3. The van der Waals surface area contributed by atoms with Gasteiger partial charge in [0.2, 0.25) is 5.91 Å². The molecule has 2 aromatic rings. The molecule has 3 rings (SSSR count). The zero-order chi connectivity index (χ0) is 21.7. The second kappa shape index (κ2) is 9.60. The van der Waals surface area contributed by atoms with Crippen LogP contribution in [0.2, 0.25) is 0 Å². The first-order valence-corrected chi connectivity index (χ1v) is 10.3. The van der Waals surface area contributed by atoms with E-state index in [1.807, 2.05) is 56.3 Å². The molecule has 1 aromatic heterocycles. The maximum absolute atomic E-state index is 13.7. The highest BCUT2D eigenvalue weighted by Crippen LogP contribution is 2.38. The van der Waals surface area contributed by atoms with Gasteiger partial charge in [-0.3, -0.25) is 14.7 Å². The van der Waals surface area contributed by atoms with Crippen molar-refractivity contribution in [3.05, 3.63) is 66.0 Å². The Morgan fingerprint density at radius 1 is 1.17 bits per heavy atom. The zero-order valence-electron chi connectivity index (χ0n) is 17.3. The molecule has 0 bridgehead atoms. The molecule has 2 heterocycles. The summed E-state index contributed by atoms with van der Waals surface area (Å²) in [6.07, 6.45) is -0.992. The fourth-order valence-corrected chi connectivity index (χ4v) is 4.13. The molecule has 1 N–H and O–H groups in total. The van der Waals surface area contributed by atoms with Crippen molar-refractivity contribution in [3.8, 4) is 0 Å². The number of aromatic nitrogens is 1. The van der Waals surface area contributed by atoms with E-state index in [0.717, 1.165) is 11.1 Å². The first-order chi connectivity index (χ1) is 14.3. The lowest BCUT2D eigenvalue weighted by Gasteiger charge is -2.24. The Morgan fingerprint density at radius 3 is 2.50 bits per heavy atom. The van der Waals surface area contributed by atoms with E-state index < -0.39 is 23.9 Å². The third kappa shape index (κ3) is 5.59. The number of rotatable bonds is 7. The SMILES string of the molecule is CC(C)[C@H](CNC(=O)[C@@H]1CN(Cc2ccccc2)C[C@H]1C(F)(F)F)c1cccnc1. The number of carbonyl (C=O) groups excluding carboxylic acids is 1. The fraction of sp³-hybridized carbons (Fsp3) is 0.478. The van der Waals surface area contributed by atoms with E-state index in [-0.39, 0.29) is 24.9 Å². The lowest BCUT2D eigenvalue weighted by Crippen LogP contribution is -2.41. The van der Waals surface area contributed by atoms with Crippen LogP contribution < -0.4 is 5.32 Å². The molecule has 162 valence electrons. The number of alkyl halides is 3. The Hall–Kier alpha value is -2.41. The van der Waals surface area contributed by atoms with Crippen LogP contribution >= 0.6 is 0 Å². The lowest BCUT2D eigenvalue weighted by molar-refractivity contribution is -0.183. The molecular weight excluding hydrogens is 391 g/mol. The zero-order valence-corrected chi connectivity index (χ0v) is 17.3. The molecule has 1 aliphatic heterocycles. The van der Waals surface area contributed by atoms with Crippen LogP contribution in [0.3, 0.4) is 0 Å². The summed E-state index contributed by atoms with van der Waals surface area (Å²) < 4.78 is 41.0. The summed E-state index contributed by atoms with van der Waals surface area (Å²) >= 11 is 0. The highest BCUT2D eigenvalue weighted by atomic mass is 19.4. The fourth-order valence-electron chi connectivity index (χ4n) is 4.13. The minimum atomic E-state index is -4.41. The second-order valence-electron chi connectivity index (χ2n) is 8.32. The Kier molecular flexibility index (Phi) is 7.13. The molecule has 7 heteroatoms. The third-order valence-electron chi connectivity index (χ3n) is 5.82. The maximum Gasteiger partial charge on any atom is 0.393 e. The van der Waals surface area contributed by atoms with E-state index in [0.29, 0.717) is 13.1 Å². The minimum absolute atomic E-state index is 0.00573. The molecule has 1 saturated heterocycles. The van der Waals surface area contributed by atoms with Crippen LogP contribution in [0.15, 0.2) is 54.9 Å². The van der Waals surface area contributed by atoms with Crippen molar-refractivity contribution in [1.29, 1.82) is 0 Å². The third-order valence-corrected chi connectivity index (χ3v) is 5.82. The summed E-state index contributed by atoms with van der Waals surface area (Å²) in [7, 11) is 0. The Morgan fingerprint density at radius 2 is 1.90 bits per heavy atom. The number of hydrogen-bond donors (Lipinski definition) is 1. The molecule has 0 aliphatic carbocycles. The second-order valence-corrected chi connectivity index (χ2v) is 8.32. The summed E-state index contributed by atoms with van der Waals surface area (Å²) in [6.45, 7) is 4.69. The van der Waals surface area contributed by atoms with Gasteiger partial charge in [-0.2, -0.15) is 13.2 Å². The van der Waals surface area contributed by atoms with Gasteiger partial charge < -0.3 is 5.32 Å². The number of nitrogens with zero attached hydrogens (tertiary/aromatic N) is 2. The Balaban J connectivity index is 1.67. The molecule has 0 saturated carbocycles. The summed E-state index contributed by atoms with van der Waals surface area (Å²) in [4.78, 5) is 18.6. The molecule has 1 fully saturated rings. The predicted octanol–water partition coefficient (Wildman–Crippen LogP) is 4.25. The van der Waals surface area contributed by atoms with Crippen LogP contribution in [0.5, 0.6) is 0 Å². The average Bonchev–Trinajstić information content (AvgIpc) is 3.14. The number of pyridine rings is 1. The van der Waals surface area contributed by atoms with Crippen molar-refractivity contribution in [2.75, 3.05) is 19.6 Å². The molecule has 1 amide bonds. The number of likely N-dealkylation sites (tertiary alicyclic amines) is 1.